The SMILES string of the molecule is CC1NC(=O)C(C)(C2CC2)N(CCc2ccccc2)C1=O. The molecule has 1 saturated carbocycles. The first kappa shape index (κ1) is 14.1. The molecule has 1 N–H and O–H groups in total. The number of hydrogen-bond donors (Lipinski definition) is 1. The maximum Gasteiger partial charge on any atom is 0.246 e. The topological polar surface area (TPSA) is 49.4 Å². The van der Waals surface area contributed by atoms with Crippen molar-refractivity contribution in [1.29, 1.82) is 0 Å². The van der Waals surface area contributed by atoms with Gasteiger partial charge in [-0.15, -0.1) is 0 Å². The third-order valence-electron chi connectivity index (χ3n) is 4.84. The van der Waals surface area contributed by atoms with Crippen molar-refractivity contribution in [3.05, 3.63) is 35.9 Å². The Morgan fingerprint density at radius 2 is 1.90 bits per heavy atom. The molecule has 3 rings (SSSR count). The summed E-state index contributed by atoms with van der Waals surface area (Å²) in [5.74, 6) is 0.356. The van der Waals surface area contributed by atoms with Gasteiger partial charge < -0.3 is 10.2 Å². The predicted octanol–water partition coefficient (Wildman–Crippen LogP) is 1.74. The van der Waals surface area contributed by atoms with E-state index < -0.39 is 11.6 Å². The lowest BCUT2D eigenvalue weighted by atomic mass is 9.88. The van der Waals surface area contributed by atoms with Gasteiger partial charge in [0.1, 0.15) is 11.6 Å². The lowest BCUT2D eigenvalue weighted by Crippen LogP contribution is -2.70. The third kappa shape index (κ3) is 2.43. The van der Waals surface area contributed by atoms with Gasteiger partial charge >= 0.3 is 0 Å². The number of nitrogens with zero attached hydrogens (tertiary/aromatic N) is 1. The number of rotatable bonds is 4. The predicted molar refractivity (Wildman–Crippen MR) is 80.6 cm³/mol. The highest BCUT2D eigenvalue weighted by molar-refractivity contribution is 5.99. The summed E-state index contributed by atoms with van der Waals surface area (Å²) < 4.78 is 0. The molecule has 2 fully saturated rings. The highest BCUT2D eigenvalue weighted by Gasteiger charge is 2.56. The van der Waals surface area contributed by atoms with Gasteiger partial charge in [-0.1, -0.05) is 30.3 Å². The molecular formula is C17H22N2O2. The molecule has 1 aromatic carbocycles. The number of benzene rings is 1. The Morgan fingerprint density at radius 3 is 2.52 bits per heavy atom. The van der Waals surface area contributed by atoms with E-state index in [1.165, 1.54) is 5.56 Å². The Hall–Kier alpha value is -1.84. The zero-order valence-corrected chi connectivity index (χ0v) is 12.6. The minimum absolute atomic E-state index is 0.00478. The minimum atomic E-state index is -0.668. The number of nitrogens with one attached hydrogen (secondary N) is 1. The standard InChI is InChI=1S/C17H22N2O2/c1-12-15(20)19(11-10-13-6-4-3-5-7-13)17(2,14-8-9-14)16(21)18-12/h3-7,12,14H,8-11H2,1-2H3,(H,18,21). The first-order valence-corrected chi connectivity index (χ1v) is 7.70. The van der Waals surface area contributed by atoms with Crippen molar-refractivity contribution in [3.63, 3.8) is 0 Å². The molecule has 1 aliphatic heterocycles. The lowest BCUT2D eigenvalue weighted by Gasteiger charge is -2.46. The minimum Gasteiger partial charge on any atom is -0.343 e. The Kier molecular flexibility index (Phi) is 3.47. The van der Waals surface area contributed by atoms with Gasteiger partial charge in [0.25, 0.3) is 0 Å². The van der Waals surface area contributed by atoms with Crippen LogP contribution in [0.2, 0.25) is 0 Å². The van der Waals surface area contributed by atoms with Crippen LogP contribution in [0, 0.1) is 5.92 Å². The summed E-state index contributed by atoms with van der Waals surface area (Å²) in [6.07, 6.45) is 2.86. The van der Waals surface area contributed by atoms with Gasteiger partial charge in [-0.05, 0) is 44.6 Å². The number of carbonyl (C=O) groups is 2. The molecule has 21 heavy (non-hydrogen) atoms. The second-order valence-electron chi connectivity index (χ2n) is 6.34. The van der Waals surface area contributed by atoms with Crippen molar-refractivity contribution in [2.75, 3.05) is 6.54 Å². The Bertz CT molecular complexity index is 553. The number of piperazine rings is 1. The molecular weight excluding hydrogens is 264 g/mol. The van der Waals surface area contributed by atoms with Crippen LogP contribution in [0.4, 0.5) is 0 Å². The number of amides is 2. The van der Waals surface area contributed by atoms with Gasteiger partial charge in [-0.25, -0.2) is 0 Å². The van der Waals surface area contributed by atoms with E-state index >= 15 is 0 Å². The van der Waals surface area contributed by atoms with E-state index in [1.807, 2.05) is 30.0 Å². The maximum atomic E-state index is 12.6. The fourth-order valence-corrected chi connectivity index (χ4v) is 3.27. The van der Waals surface area contributed by atoms with Crippen LogP contribution >= 0.6 is 0 Å². The Balaban J connectivity index is 1.81. The van der Waals surface area contributed by atoms with Crippen LogP contribution in [0.3, 0.4) is 0 Å². The zero-order valence-electron chi connectivity index (χ0n) is 12.6. The fraction of sp³-hybridized carbons (Fsp3) is 0.529. The molecule has 0 spiro atoms. The van der Waals surface area contributed by atoms with Gasteiger partial charge in [0.15, 0.2) is 0 Å². The van der Waals surface area contributed by atoms with E-state index in [0.29, 0.717) is 12.5 Å². The molecule has 2 atom stereocenters. The fourth-order valence-electron chi connectivity index (χ4n) is 3.27. The number of carbonyl (C=O) groups excluding carboxylic acids is 2. The maximum absolute atomic E-state index is 12.6. The van der Waals surface area contributed by atoms with Gasteiger partial charge in [-0.2, -0.15) is 0 Å². The van der Waals surface area contributed by atoms with Gasteiger partial charge in [0.05, 0.1) is 0 Å². The average Bonchev–Trinajstić information content (AvgIpc) is 3.31. The van der Waals surface area contributed by atoms with Crippen LogP contribution in [0.15, 0.2) is 30.3 Å². The monoisotopic (exact) mass is 286 g/mol. The molecule has 112 valence electrons. The molecule has 1 aliphatic carbocycles. The zero-order chi connectivity index (χ0) is 15.0. The smallest absolute Gasteiger partial charge is 0.246 e. The molecule has 1 aromatic rings. The highest BCUT2D eigenvalue weighted by atomic mass is 16.2. The molecule has 2 aliphatic rings. The first-order chi connectivity index (χ1) is 10.0. The van der Waals surface area contributed by atoms with Crippen LogP contribution in [0.5, 0.6) is 0 Å². The Morgan fingerprint density at radius 1 is 1.24 bits per heavy atom. The Labute approximate surface area is 125 Å². The van der Waals surface area contributed by atoms with Crippen LogP contribution in [0.25, 0.3) is 0 Å². The van der Waals surface area contributed by atoms with Gasteiger partial charge in [-0.3, -0.25) is 9.59 Å². The second kappa shape index (κ2) is 5.17. The van der Waals surface area contributed by atoms with Gasteiger partial charge in [0, 0.05) is 6.54 Å². The highest BCUT2D eigenvalue weighted by Crippen LogP contribution is 2.44. The second-order valence-corrected chi connectivity index (χ2v) is 6.34. The molecule has 0 radical (unpaired) electrons. The lowest BCUT2D eigenvalue weighted by molar-refractivity contribution is -0.157. The summed E-state index contributed by atoms with van der Waals surface area (Å²) in [5, 5.41) is 2.84. The van der Waals surface area contributed by atoms with Crippen LogP contribution in [-0.4, -0.2) is 34.8 Å². The molecule has 4 nitrogen and oxygen atoms in total. The first-order valence-electron chi connectivity index (χ1n) is 7.70. The molecule has 1 heterocycles. The summed E-state index contributed by atoms with van der Waals surface area (Å²) >= 11 is 0. The van der Waals surface area contributed by atoms with E-state index in [0.717, 1.165) is 19.3 Å². The van der Waals surface area contributed by atoms with Crippen molar-refractivity contribution in [1.82, 2.24) is 10.2 Å². The summed E-state index contributed by atoms with van der Waals surface area (Å²) in [4.78, 5) is 26.8. The summed E-state index contributed by atoms with van der Waals surface area (Å²) in [5.41, 5.74) is 0.528. The summed E-state index contributed by atoms with van der Waals surface area (Å²) in [6.45, 7) is 4.30. The van der Waals surface area contributed by atoms with E-state index in [-0.39, 0.29) is 11.8 Å². The van der Waals surface area contributed by atoms with E-state index in [1.54, 1.807) is 6.92 Å². The van der Waals surface area contributed by atoms with Crippen LogP contribution < -0.4 is 5.32 Å². The van der Waals surface area contributed by atoms with Crippen molar-refractivity contribution in [3.8, 4) is 0 Å². The molecule has 2 amide bonds. The van der Waals surface area contributed by atoms with Gasteiger partial charge in [0.2, 0.25) is 11.8 Å². The largest absolute Gasteiger partial charge is 0.343 e. The molecule has 0 aromatic heterocycles. The van der Waals surface area contributed by atoms with E-state index in [9.17, 15) is 9.59 Å². The van der Waals surface area contributed by atoms with Crippen molar-refractivity contribution in [2.45, 2.75) is 44.7 Å². The third-order valence-corrected chi connectivity index (χ3v) is 4.84. The molecule has 4 heteroatoms. The molecule has 2 unspecified atom stereocenters. The van der Waals surface area contributed by atoms with Crippen LogP contribution in [-0.2, 0) is 16.0 Å². The van der Waals surface area contributed by atoms with E-state index in [2.05, 4.69) is 17.4 Å². The van der Waals surface area contributed by atoms with Crippen LogP contribution in [0.1, 0.15) is 32.3 Å². The summed E-state index contributed by atoms with van der Waals surface area (Å²) in [6, 6.07) is 9.70. The molecule has 0 bridgehead atoms. The summed E-state index contributed by atoms with van der Waals surface area (Å²) in [7, 11) is 0. The normalized spacial score (nSPS) is 29.4. The van der Waals surface area contributed by atoms with E-state index in [4.69, 9.17) is 0 Å². The van der Waals surface area contributed by atoms with Crippen molar-refractivity contribution < 1.29 is 9.59 Å². The average molecular weight is 286 g/mol. The molecule has 1 saturated heterocycles. The van der Waals surface area contributed by atoms with Crippen molar-refractivity contribution >= 4 is 11.8 Å². The van der Waals surface area contributed by atoms with Crippen molar-refractivity contribution in [2.24, 2.45) is 5.92 Å². The number of hydrogen-bond acceptors (Lipinski definition) is 2. The quantitative estimate of drug-likeness (QED) is 0.916.